The Labute approximate surface area is 148 Å². The molecule has 0 spiro atoms. The number of amides is 1. The van der Waals surface area contributed by atoms with Crippen LogP contribution in [0.5, 0.6) is 0 Å². The lowest BCUT2D eigenvalue weighted by atomic mass is 10.1. The van der Waals surface area contributed by atoms with Crippen LogP contribution in [0.3, 0.4) is 0 Å². The van der Waals surface area contributed by atoms with Crippen molar-refractivity contribution in [2.75, 3.05) is 5.32 Å². The number of nitrogens with one attached hydrogen (secondary N) is 1. The third-order valence-corrected chi connectivity index (χ3v) is 3.71. The predicted molar refractivity (Wildman–Crippen MR) is 90.7 cm³/mol. The molecule has 1 atom stereocenters. The number of rotatable bonds is 5. The first kappa shape index (κ1) is 18.2. The molecule has 0 aliphatic carbocycles. The van der Waals surface area contributed by atoms with E-state index in [2.05, 4.69) is 5.32 Å². The molecule has 2 aromatic carbocycles. The molecule has 7 heteroatoms. The molecule has 0 unspecified atom stereocenters. The third-order valence-electron chi connectivity index (χ3n) is 3.16. The third kappa shape index (κ3) is 4.94. The smallest absolute Gasteiger partial charge is 0.311 e. The molecule has 2 aromatic rings. The highest BCUT2D eigenvalue weighted by Gasteiger charge is 2.19. The summed E-state index contributed by atoms with van der Waals surface area (Å²) in [5, 5.41) is 3.23. The van der Waals surface area contributed by atoms with Crippen molar-refractivity contribution in [3.63, 3.8) is 0 Å². The normalized spacial score (nSPS) is 11.7. The van der Waals surface area contributed by atoms with Gasteiger partial charge in [0.2, 0.25) is 0 Å². The van der Waals surface area contributed by atoms with E-state index < -0.39 is 23.8 Å². The van der Waals surface area contributed by atoms with Crippen molar-refractivity contribution in [1.82, 2.24) is 0 Å². The maximum absolute atomic E-state index is 13.5. The molecular weight excluding hydrogens is 356 g/mol. The van der Waals surface area contributed by atoms with E-state index in [1.165, 1.54) is 37.3 Å². The van der Waals surface area contributed by atoms with Crippen LogP contribution in [0, 0.1) is 5.82 Å². The zero-order valence-corrected chi connectivity index (χ0v) is 14.2. The first-order valence-electron chi connectivity index (χ1n) is 7.05. The monoisotopic (exact) mass is 369 g/mol. The van der Waals surface area contributed by atoms with Gasteiger partial charge in [-0.15, -0.1) is 0 Å². The van der Waals surface area contributed by atoms with E-state index in [9.17, 15) is 14.0 Å². The highest BCUT2D eigenvalue weighted by atomic mass is 35.5. The van der Waals surface area contributed by atoms with E-state index in [1.807, 2.05) is 0 Å². The van der Waals surface area contributed by atoms with E-state index in [0.717, 1.165) is 0 Å². The highest BCUT2D eigenvalue weighted by molar-refractivity contribution is 6.36. The number of halogens is 3. The Balaban J connectivity index is 1.93. The molecule has 1 amide bonds. The predicted octanol–water partition coefficient (Wildman–Crippen LogP) is 4.25. The lowest BCUT2D eigenvalue weighted by molar-refractivity contribution is -0.152. The topological polar surface area (TPSA) is 55.4 Å². The number of hydrogen-bond acceptors (Lipinski definition) is 3. The fourth-order valence-corrected chi connectivity index (χ4v) is 2.37. The Morgan fingerprint density at radius 1 is 1.21 bits per heavy atom. The van der Waals surface area contributed by atoms with Crippen LogP contribution >= 0.6 is 23.2 Å². The number of ether oxygens (including phenoxy) is 1. The molecule has 0 aliphatic rings. The Morgan fingerprint density at radius 2 is 1.92 bits per heavy atom. The molecule has 0 saturated heterocycles. The van der Waals surface area contributed by atoms with E-state index in [1.54, 1.807) is 12.1 Å². The van der Waals surface area contributed by atoms with Crippen LogP contribution in [0.15, 0.2) is 42.5 Å². The second-order valence-corrected chi connectivity index (χ2v) is 5.86. The lowest BCUT2D eigenvalue weighted by Crippen LogP contribution is -2.30. The van der Waals surface area contributed by atoms with Crippen molar-refractivity contribution in [3.8, 4) is 0 Å². The summed E-state index contributed by atoms with van der Waals surface area (Å²) < 4.78 is 18.5. The van der Waals surface area contributed by atoms with Crippen molar-refractivity contribution >= 4 is 40.8 Å². The quantitative estimate of drug-likeness (QED) is 0.801. The van der Waals surface area contributed by atoms with Gasteiger partial charge in [-0.3, -0.25) is 9.59 Å². The molecule has 1 N–H and O–H groups in total. The van der Waals surface area contributed by atoms with Crippen molar-refractivity contribution in [1.29, 1.82) is 0 Å². The Hall–Kier alpha value is -2.11. The average Bonchev–Trinajstić information content (AvgIpc) is 2.52. The van der Waals surface area contributed by atoms with Crippen molar-refractivity contribution in [3.05, 3.63) is 63.9 Å². The van der Waals surface area contributed by atoms with Gasteiger partial charge in [0.05, 0.1) is 17.1 Å². The number of carbonyl (C=O) groups is 2. The van der Waals surface area contributed by atoms with Gasteiger partial charge in [0, 0.05) is 5.02 Å². The minimum Gasteiger partial charge on any atom is -0.452 e. The minimum atomic E-state index is -1.06. The van der Waals surface area contributed by atoms with E-state index in [4.69, 9.17) is 27.9 Å². The van der Waals surface area contributed by atoms with Crippen LogP contribution in [-0.2, 0) is 20.7 Å². The summed E-state index contributed by atoms with van der Waals surface area (Å²) >= 11 is 11.7. The van der Waals surface area contributed by atoms with E-state index in [0.29, 0.717) is 10.7 Å². The van der Waals surface area contributed by atoms with E-state index >= 15 is 0 Å². The summed E-state index contributed by atoms with van der Waals surface area (Å²) in [6.45, 7) is 1.42. The fraction of sp³-hybridized carbons (Fsp3) is 0.176. The summed E-state index contributed by atoms with van der Waals surface area (Å²) in [4.78, 5) is 23.9. The molecule has 4 nitrogen and oxygen atoms in total. The van der Waals surface area contributed by atoms with Crippen molar-refractivity contribution in [2.24, 2.45) is 0 Å². The Bertz CT molecular complexity index is 767. The molecule has 0 fully saturated rings. The first-order valence-corrected chi connectivity index (χ1v) is 7.81. The van der Waals surface area contributed by atoms with Gasteiger partial charge in [-0.1, -0.05) is 41.4 Å². The van der Waals surface area contributed by atoms with Crippen LogP contribution < -0.4 is 5.32 Å². The van der Waals surface area contributed by atoms with Gasteiger partial charge >= 0.3 is 5.97 Å². The summed E-state index contributed by atoms with van der Waals surface area (Å²) in [7, 11) is 0. The SMILES string of the molecule is C[C@@H](OC(=O)Cc1ccccc1F)C(=O)Nc1ccc(Cl)cc1Cl. The van der Waals surface area contributed by atoms with Crippen molar-refractivity contribution in [2.45, 2.75) is 19.4 Å². The molecule has 0 aromatic heterocycles. The highest BCUT2D eigenvalue weighted by Crippen LogP contribution is 2.25. The number of carbonyl (C=O) groups excluding carboxylic acids is 2. The maximum Gasteiger partial charge on any atom is 0.311 e. The summed E-state index contributed by atoms with van der Waals surface area (Å²) in [6.07, 6.45) is -1.32. The number of anilines is 1. The largest absolute Gasteiger partial charge is 0.452 e. The average molecular weight is 370 g/mol. The Kier molecular flexibility index (Phi) is 6.17. The van der Waals surface area contributed by atoms with Gasteiger partial charge in [0.1, 0.15) is 5.82 Å². The zero-order valence-electron chi connectivity index (χ0n) is 12.7. The van der Waals surface area contributed by atoms with Gasteiger partial charge < -0.3 is 10.1 Å². The van der Waals surface area contributed by atoms with Crippen LogP contribution in [-0.4, -0.2) is 18.0 Å². The molecule has 0 radical (unpaired) electrons. The molecular formula is C17H14Cl2FNO3. The van der Waals surface area contributed by atoms with Gasteiger partial charge in [-0.25, -0.2) is 4.39 Å². The molecule has 2 rings (SSSR count). The van der Waals surface area contributed by atoms with Crippen LogP contribution in [0.4, 0.5) is 10.1 Å². The van der Waals surface area contributed by atoms with Gasteiger partial charge in [-0.05, 0) is 36.8 Å². The number of hydrogen-bond donors (Lipinski definition) is 1. The van der Waals surface area contributed by atoms with Gasteiger partial charge in [0.15, 0.2) is 6.10 Å². The number of benzene rings is 2. The molecule has 0 aliphatic heterocycles. The second kappa shape index (κ2) is 8.13. The first-order chi connectivity index (χ1) is 11.4. The molecule has 0 heterocycles. The summed E-state index contributed by atoms with van der Waals surface area (Å²) in [5.41, 5.74) is 0.555. The molecule has 0 bridgehead atoms. The van der Waals surface area contributed by atoms with Crippen molar-refractivity contribution < 1.29 is 18.7 Å². The van der Waals surface area contributed by atoms with E-state index in [-0.39, 0.29) is 17.0 Å². The zero-order chi connectivity index (χ0) is 17.7. The summed E-state index contributed by atoms with van der Waals surface area (Å²) in [6, 6.07) is 10.5. The molecule has 126 valence electrons. The fourth-order valence-electron chi connectivity index (χ4n) is 1.91. The van der Waals surface area contributed by atoms with Gasteiger partial charge in [-0.2, -0.15) is 0 Å². The number of esters is 1. The summed E-state index contributed by atoms with van der Waals surface area (Å²) in [5.74, 6) is -1.76. The minimum absolute atomic E-state index is 0.204. The van der Waals surface area contributed by atoms with Crippen LogP contribution in [0.2, 0.25) is 10.0 Å². The standard InChI is InChI=1S/C17H14Cl2FNO3/c1-10(17(23)21-15-7-6-12(18)9-13(15)19)24-16(22)8-11-4-2-3-5-14(11)20/h2-7,9-10H,8H2,1H3,(H,21,23)/t10-/m1/s1. The van der Waals surface area contributed by atoms with Gasteiger partial charge in [0.25, 0.3) is 5.91 Å². The lowest BCUT2D eigenvalue weighted by Gasteiger charge is -2.14. The molecule has 24 heavy (non-hydrogen) atoms. The van der Waals surface area contributed by atoms with Crippen LogP contribution in [0.1, 0.15) is 12.5 Å². The Morgan fingerprint density at radius 3 is 2.58 bits per heavy atom. The molecule has 0 saturated carbocycles. The maximum atomic E-state index is 13.5. The second-order valence-electron chi connectivity index (χ2n) is 5.01. The van der Waals surface area contributed by atoms with Crippen LogP contribution in [0.25, 0.3) is 0 Å².